The SMILES string of the molecule is O=C=C1NCN(c2ccccc2)C12CCNCC2. The number of benzene rings is 1. The summed E-state index contributed by atoms with van der Waals surface area (Å²) < 4.78 is 0. The third kappa shape index (κ3) is 1.62. The molecule has 0 saturated carbocycles. The Hall–Kier alpha value is -1.77. The Balaban J connectivity index is 2.01. The third-order valence-electron chi connectivity index (χ3n) is 4.00. The first-order valence-electron chi connectivity index (χ1n) is 6.40. The van der Waals surface area contributed by atoms with Gasteiger partial charge in [0, 0.05) is 5.69 Å². The van der Waals surface area contributed by atoms with Crippen LogP contribution in [-0.2, 0) is 4.79 Å². The molecule has 1 spiro atoms. The molecule has 2 aliphatic heterocycles. The van der Waals surface area contributed by atoms with Gasteiger partial charge in [-0.25, -0.2) is 4.79 Å². The van der Waals surface area contributed by atoms with E-state index < -0.39 is 0 Å². The Labute approximate surface area is 107 Å². The lowest BCUT2D eigenvalue weighted by Crippen LogP contribution is -2.52. The second-order valence-electron chi connectivity index (χ2n) is 4.86. The zero-order chi connectivity index (χ0) is 12.4. The van der Waals surface area contributed by atoms with Gasteiger partial charge in [-0.15, -0.1) is 0 Å². The molecule has 2 aliphatic rings. The zero-order valence-electron chi connectivity index (χ0n) is 10.3. The molecule has 1 aromatic rings. The molecule has 0 unspecified atom stereocenters. The van der Waals surface area contributed by atoms with E-state index in [2.05, 4.69) is 33.6 Å². The minimum absolute atomic E-state index is 0.186. The Bertz CT molecular complexity index is 473. The van der Waals surface area contributed by atoms with Crippen LogP contribution >= 0.6 is 0 Å². The fraction of sp³-hybridized carbons (Fsp3) is 0.429. The molecule has 2 heterocycles. The van der Waals surface area contributed by atoms with Crippen LogP contribution in [0.1, 0.15) is 12.8 Å². The summed E-state index contributed by atoms with van der Waals surface area (Å²) in [6, 6.07) is 10.3. The first-order chi connectivity index (χ1) is 8.87. The van der Waals surface area contributed by atoms with Crippen molar-refractivity contribution in [3.05, 3.63) is 36.0 Å². The molecule has 0 aliphatic carbocycles. The monoisotopic (exact) mass is 243 g/mol. The largest absolute Gasteiger partial charge is 0.360 e. The number of hydrogen-bond acceptors (Lipinski definition) is 4. The third-order valence-corrected chi connectivity index (χ3v) is 4.00. The molecule has 4 nitrogen and oxygen atoms in total. The van der Waals surface area contributed by atoms with Crippen LogP contribution in [0.15, 0.2) is 36.0 Å². The molecule has 2 N–H and O–H groups in total. The molecule has 0 amide bonds. The number of carbonyl (C=O) groups excluding carboxylic acids is 1. The van der Waals surface area contributed by atoms with Crippen molar-refractivity contribution in [1.29, 1.82) is 0 Å². The summed E-state index contributed by atoms with van der Waals surface area (Å²) in [6.45, 7) is 2.57. The average Bonchev–Trinajstić information content (AvgIpc) is 2.78. The highest BCUT2D eigenvalue weighted by atomic mass is 16.1. The van der Waals surface area contributed by atoms with E-state index in [1.807, 2.05) is 18.2 Å². The normalized spacial score (nSPS) is 21.8. The van der Waals surface area contributed by atoms with Gasteiger partial charge in [0.25, 0.3) is 0 Å². The zero-order valence-corrected chi connectivity index (χ0v) is 10.3. The van der Waals surface area contributed by atoms with Crippen molar-refractivity contribution in [1.82, 2.24) is 10.6 Å². The van der Waals surface area contributed by atoms with Gasteiger partial charge in [0.05, 0.1) is 12.2 Å². The molecule has 18 heavy (non-hydrogen) atoms. The van der Waals surface area contributed by atoms with Crippen LogP contribution in [0.2, 0.25) is 0 Å². The maximum absolute atomic E-state index is 11.2. The molecule has 4 heteroatoms. The summed E-state index contributed by atoms with van der Waals surface area (Å²) in [5.41, 5.74) is 1.69. The van der Waals surface area contributed by atoms with Crippen LogP contribution in [-0.4, -0.2) is 31.2 Å². The van der Waals surface area contributed by atoms with Crippen LogP contribution in [0, 0.1) is 0 Å². The number of nitrogens with zero attached hydrogens (tertiary/aromatic N) is 1. The molecule has 1 aromatic carbocycles. The molecule has 0 aromatic heterocycles. The number of hydrogen-bond donors (Lipinski definition) is 2. The summed E-state index contributed by atoms with van der Waals surface area (Å²) in [7, 11) is 0. The van der Waals surface area contributed by atoms with Crippen molar-refractivity contribution in [2.75, 3.05) is 24.7 Å². The van der Waals surface area contributed by atoms with E-state index in [1.165, 1.54) is 0 Å². The van der Waals surface area contributed by atoms with Crippen LogP contribution in [0.5, 0.6) is 0 Å². The predicted molar refractivity (Wildman–Crippen MR) is 71.0 cm³/mol. The molecule has 2 saturated heterocycles. The smallest absolute Gasteiger partial charge is 0.148 e. The van der Waals surface area contributed by atoms with Crippen molar-refractivity contribution in [3.8, 4) is 0 Å². The Kier molecular flexibility index (Phi) is 2.82. The van der Waals surface area contributed by atoms with Crippen LogP contribution < -0.4 is 15.5 Å². The van der Waals surface area contributed by atoms with E-state index in [4.69, 9.17) is 0 Å². The van der Waals surface area contributed by atoms with E-state index >= 15 is 0 Å². The summed E-state index contributed by atoms with van der Waals surface area (Å²) in [5, 5.41) is 6.56. The highest BCUT2D eigenvalue weighted by Crippen LogP contribution is 2.38. The standard InChI is InChI=1S/C14H17N3O/c18-10-13-14(6-8-15-9-7-14)17(11-16-13)12-4-2-1-3-5-12/h1-5,15-16H,6-9,11H2. The van der Waals surface area contributed by atoms with Gasteiger partial charge in [-0.1, -0.05) is 18.2 Å². The van der Waals surface area contributed by atoms with Crippen LogP contribution in [0.4, 0.5) is 5.69 Å². The van der Waals surface area contributed by atoms with E-state index in [-0.39, 0.29) is 5.54 Å². The van der Waals surface area contributed by atoms with Crippen molar-refractivity contribution in [2.45, 2.75) is 18.4 Å². The maximum Gasteiger partial charge on any atom is 0.148 e. The lowest BCUT2D eigenvalue weighted by atomic mass is 9.85. The number of anilines is 1. The molecule has 3 rings (SSSR count). The summed E-state index contributed by atoms with van der Waals surface area (Å²) in [4.78, 5) is 13.5. The summed E-state index contributed by atoms with van der Waals surface area (Å²) in [6.07, 6.45) is 1.89. The molecular weight excluding hydrogens is 226 g/mol. The Morgan fingerprint density at radius 1 is 1.17 bits per heavy atom. The molecule has 2 fully saturated rings. The van der Waals surface area contributed by atoms with Gasteiger partial charge in [0.15, 0.2) is 0 Å². The van der Waals surface area contributed by atoms with Gasteiger partial charge in [0.1, 0.15) is 11.6 Å². The first-order valence-corrected chi connectivity index (χ1v) is 6.40. The topological polar surface area (TPSA) is 44.4 Å². The van der Waals surface area contributed by atoms with Gasteiger partial charge >= 0.3 is 0 Å². The Morgan fingerprint density at radius 2 is 1.89 bits per heavy atom. The minimum atomic E-state index is -0.186. The molecule has 0 radical (unpaired) electrons. The fourth-order valence-corrected chi connectivity index (χ4v) is 3.05. The van der Waals surface area contributed by atoms with Crippen molar-refractivity contribution in [2.24, 2.45) is 0 Å². The van der Waals surface area contributed by atoms with Crippen molar-refractivity contribution in [3.63, 3.8) is 0 Å². The summed E-state index contributed by atoms with van der Waals surface area (Å²) >= 11 is 0. The highest BCUT2D eigenvalue weighted by Gasteiger charge is 2.46. The first kappa shape index (κ1) is 11.3. The number of rotatable bonds is 1. The number of para-hydroxylation sites is 1. The van der Waals surface area contributed by atoms with Crippen molar-refractivity contribution < 1.29 is 4.79 Å². The second kappa shape index (κ2) is 4.48. The molecule has 0 atom stereocenters. The lowest BCUT2D eigenvalue weighted by Gasteiger charge is -2.41. The van der Waals surface area contributed by atoms with Crippen LogP contribution in [0.3, 0.4) is 0 Å². The lowest BCUT2D eigenvalue weighted by molar-refractivity contribution is 0.358. The molecule has 0 bridgehead atoms. The van der Waals surface area contributed by atoms with E-state index in [0.29, 0.717) is 12.4 Å². The van der Waals surface area contributed by atoms with Crippen molar-refractivity contribution >= 4 is 11.6 Å². The van der Waals surface area contributed by atoms with E-state index in [0.717, 1.165) is 31.6 Å². The van der Waals surface area contributed by atoms with E-state index in [1.54, 1.807) is 0 Å². The van der Waals surface area contributed by atoms with Gasteiger partial charge in [-0.05, 0) is 38.1 Å². The van der Waals surface area contributed by atoms with Gasteiger partial charge in [0.2, 0.25) is 0 Å². The van der Waals surface area contributed by atoms with Gasteiger partial charge in [-0.3, -0.25) is 0 Å². The molecular formula is C14H17N3O. The highest BCUT2D eigenvalue weighted by molar-refractivity contribution is 5.65. The maximum atomic E-state index is 11.2. The predicted octanol–water partition coefficient (Wildman–Crippen LogP) is 0.891. The second-order valence-corrected chi connectivity index (χ2v) is 4.86. The molecule has 94 valence electrons. The number of piperidine rings is 1. The quantitative estimate of drug-likeness (QED) is 0.719. The summed E-state index contributed by atoms with van der Waals surface area (Å²) in [5.74, 6) is 2.11. The number of nitrogens with one attached hydrogen (secondary N) is 2. The Morgan fingerprint density at radius 3 is 2.56 bits per heavy atom. The van der Waals surface area contributed by atoms with Gasteiger partial charge < -0.3 is 15.5 Å². The minimum Gasteiger partial charge on any atom is -0.360 e. The fourth-order valence-electron chi connectivity index (χ4n) is 3.05. The average molecular weight is 243 g/mol. The van der Waals surface area contributed by atoms with Crippen LogP contribution in [0.25, 0.3) is 0 Å². The van der Waals surface area contributed by atoms with E-state index in [9.17, 15) is 4.79 Å². The van der Waals surface area contributed by atoms with Gasteiger partial charge in [-0.2, -0.15) is 0 Å².